The largest absolute Gasteiger partial charge is 0.497 e. The maximum Gasteiger partial charge on any atom is 0.142 e. The highest BCUT2D eigenvalue weighted by Crippen LogP contribution is 2.29. The van der Waals surface area contributed by atoms with E-state index in [-0.39, 0.29) is 0 Å². The molecular formula is C20H26N2O2. The Balaban J connectivity index is 1.57. The van der Waals surface area contributed by atoms with E-state index in [1.807, 2.05) is 25.1 Å². The summed E-state index contributed by atoms with van der Waals surface area (Å²) in [5.41, 5.74) is 2.54. The molecular weight excluding hydrogens is 300 g/mol. The zero-order chi connectivity index (χ0) is 16.8. The lowest BCUT2D eigenvalue weighted by atomic mass is 10.1. The van der Waals surface area contributed by atoms with Crippen molar-refractivity contribution in [2.24, 2.45) is 0 Å². The van der Waals surface area contributed by atoms with Crippen LogP contribution in [0.1, 0.15) is 12.5 Å². The lowest BCUT2D eigenvalue weighted by molar-refractivity contribution is 0.248. The van der Waals surface area contributed by atoms with Crippen molar-refractivity contribution >= 4 is 5.69 Å². The lowest BCUT2D eigenvalue weighted by Crippen LogP contribution is -2.46. The van der Waals surface area contributed by atoms with Gasteiger partial charge in [0.05, 0.1) is 19.4 Å². The third kappa shape index (κ3) is 4.01. The fourth-order valence-electron chi connectivity index (χ4n) is 3.13. The Morgan fingerprint density at radius 3 is 2.29 bits per heavy atom. The molecule has 1 aliphatic rings. The molecule has 1 heterocycles. The van der Waals surface area contributed by atoms with Crippen LogP contribution in [0.4, 0.5) is 5.69 Å². The van der Waals surface area contributed by atoms with E-state index in [4.69, 9.17) is 9.47 Å². The first-order chi connectivity index (χ1) is 11.8. The van der Waals surface area contributed by atoms with Gasteiger partial charge in [-0.3, -0.25) is 4.90 Å². The van der Waals surface area contributed by atoms with Gasteiger partial charge >= 0.3 is 0 Å². The predicted molar refractivity (Wildman–Crippen MR) is 98.1 cm³/mol. The van der Waals surface area contributed by atoms with Crippen molar-refractivity contribution < 1.29 is 9.47 Å². The smallest absolute Gasteiger partial charge is 0.142 e. The minimum atomic E-state index is 0.703. The van der Waals surface area contributed by atoms with Gasteiger partial charge in [-0.25, -0.2) is 0 Å². The number of ether oxygens (including phenoxy) is 2. The minimum Gasteiger partial charge on any atom is -0.497 e. The zero-order valence-electron chi connectivity index (χ0n) is 14.6. The van der Waals surface area contributed by atoms with Crippen molar-refractivity contribution in [3.63, 3.8) is 0 Å². The summed E-state index contributed by atoms with van der Waals surface area (Å²) in [6, 6.07) is 16.7. The number of piperazine rings is 1. The van der Waals surface area contributed by atoms with Crippen molar-refractivity contribution in [1.82, 2.24) is 4.90 Å². The summed E-state index contributed by atoms with van der Waals surface area (Å²) in [6.07, 6.45) is 0. The highest BCUT2D eigenvalue weighted by Gasteiger charge is 2.19. The molecule has 2 aromatic carbocycles. The second-order valence-electron chi connectivity index (χ2n) is 6.01. The summed E-state index contributed by atoms with van der Waals surface area (Å²) in [6.45, 7) is 7.91. The van der Waals surface area contributed by atoms with Gasteiger partial charge in [0.2, 0.25) is 0 Å². The molecule has 128 valence electrons. The summed E-state index contributed by atoms with van der Waals surface area (Å²) >= 11 is 0. The molecule has 2 aromatic rings. The third-order valence-electron chi connectivity index (χ3n) is 4.44. The van der Waals surface area contributed by atoms with Gasteiger partial charge in [-0.15, -0.1) is 0 Å². The topological polar surface area (TPSA) is 24.9 Å². The average Bonchev–Trinajstić information content (AvgIpc) is 2.64. The van der Waals surface area contributed by atoms with Crippen LogP contribution in [0.15, 0.2) is 48.5 Å². The average molecular weight is 326 g/mol. The number of nitrogens with zero attached hydrogens (tertiary/aromatic N) is 2. The van der Waals surface area contributed by atoms with Crippen LogP contribution in [0.25, 0.3) is 0 Å². The van der Waals surface area contributed by atoms with Gasteiger partial charge < -0.3 is 14.4 Å². The normalized spacial score (nSPS) is 15.3. The summed E-state index contributed by atoms with van der Waals surface area (Å²) in [4.78, 5) is 4.93. The van der Waals surface area contributed by atoms with Crippen molar-refractivity contribution in [2.75, 3.05) is 44.8 Å². The molecule has 0 atom stereocenters. The number of para-hydroxylation sites is 2. The Hall–Kier alpha value is -2.20. The number of rotatable bonds is 6. The van der Waals surface area contributed by atoms with E-state index in [0.717, 1.165) is 44.2 Å². The molecule has 1 aliphatic heterocycles. The van der Waals surface area contributed by atoms with Crippen molar-refractivity contribution in [3.05, 3.63) is 54.1 Å². The number of methoxy groups -OCH3 is 1. The predicted octanol–water partition coefficient (Wildman–Crippen LogP) is 3.42. The van der Waals surface area contributed by atoms with Crippen LogP contribution in [0.3, 0.4) is 0 Å². The van der Waals surface area contributed by atoms with Crippen LogP contribution in [-0.4, -0.2) is 44.8 Å². The van der Waals surface area contributed by atoms with Gasteiger partial charge in [-0.1, -0.05) is 24.3 Å². The maximum absolute atomic E-state index is 5.77. The van der Waals surface area contributed by atoms with Gasteiger partial charge in [0.25, 0.3) is 0 Å². The zero-order valence-corrected chi connectivity index (χ0v) is 14.6. The van der Waals surface area contributed by atoms with Gasteiger partial charge in [0.15, 0.2) is 0 Å². The van der Waals surface area contributed by atoms with Gasteiger partial charge in [-0.05, 0) is 36.8 Å². The summed E-state index contributed by atoms with van der Waals surface area (Å²) in [5, 5.41) is 0. The van der Waals surface area contributed by atoms with Crippen LogP contribution in [0.2, 0.25) is 0 Å². The van der Waals surface area contributed by atoms with Crippen molar-refractivity contribution in [3.8, 4) is 11.5 Å². The Kier molecular flexibility index (Phi) is 5.59. The van der Waals surface area contributed by atoms with Gasteiger partial charge in [-0.2, -0.15) is 0 Å². The molecule has 1 saturated heterocycles. The molecule has 24 heavy (non-hydrogen) atoms. The Morgan fingerprint density at radius 1 is 0.917 bits per heavy atom. The first-order valence-corrected chi connectivity index (χ1v) is 8.62. The maximum atomic E-state index is 5.77. The molecule has 0 aromatic heterocycles. The molecule has 0 unspecified atom stereocenters. The summed E-state index contributed by atoms with van der Waals surface area (Å²) in [7, 11) is 1.70. The Morgan fingerprint density at radius 2 is 1.62 bits per heavy atom. The van der Waals surface area contributed by atoms with Crippen LogP contribution < -0.4 is 14.4 Å². The van der Waals surface area contributed by atoms with E-state index < -0.39 is 0 Å². The minimum absolute atomic E-state index is 0.703. The number of benzene rings is 2. The summed E-state index contributed by atoms with van der Waals surface area (Å²) < 4.78 is 11.0. The molecule has 4 heteroatoms. The van der Waals surface area contributed by atoms with Crippen molar-refractivity contribution in [1.29, 1.82) is 0 Å². The van der Waals surface area contributed by atoms with Crippen LogP contribution in [0, 0.1) is 0 Å². The van der Waals surface area contributed by atoms with Crippen LogP contribution in [-0.2, 0) is 6.54 Å². The lowest BCUT2D eigenvalue weighted by Gasteiger charge is -2.36. The molecule has 1 fully saturated rings. The van der Waals surface area contributed by atoms with Crippen LogP contribution in [0.5, 0.6) is 11.5 Å². The Labute approximate surface area is 144 Å². The first kappa shape index (κ1) is 16.7. The standard InChI is InChI=1S/C20H26N2O2/c1-3-24-20-7-5-4-6-19(20)22-14-12-21(13-15-22)16-17-8-10-18(23-2)11-9-17/h4-11H,3,12-16H2,1-2H3. The highest BCUT2D eigenvalue weighted by atomic mass is 16.5. The highest BCUT2D eigenvalue weighted by molar-refractivity contribution is 5.58. The Bertz CT molecular complexity index is 634. The molecule has 0 spiro atoms. The molecule has 0 bridgehead atoms. The van der Waals surface area contributed by atoms with E-state index in [1.54, 1.807) is 7.11 Å². The molecule has 0 radical (unpaired) electrons. The van der Waals surface area contributed by atoms with Gasteiger partial charge in [0.1, 0.15) is 11.5 Å². The monoisotopic (exact) mass is 326 g/mol. The van der Waals surface area contributed by atoms with Crippen LogP contribution >= 0.6 is 0 Å². The van der Waals surface area contributed by atoms with E-state index in [9.17, 15) is 0 Å². The number of hydrogen-bond acceptors (Lipinski definition) is 4. The second-order valence-corrected chi connectivity index (χ2v) is 6.01. The van der Waals surface area contributed by atoms with Crippen molar-refractivity contribution in [2.45, 2.75) is 13.5 Å². The summed E-state index contributed by atoms with van der Waals surface area (Å²) in [5.74, 6) is 1.90. The van der Waals surface area contributed by atoms with E-state index >= 15 is 0 Å². The van der Waals surface area contributed by atoms with E-state index in [1.165, 1.54) is 11.3 Å². The number of hydrogen-bond donors (Lipinski definition) is 0. The fraction of sp³-hybridized carbons (Fsp3) is 0.400. The molecule has 4 nitrogen and oxygen atoms in total. The van der Waals surface area contributed by atoms with Gasteiger partial charge in [0, 0.05) is 32.7 Å². The first-order valence-electron chi connectivity index (χ1n) is 8.62. The van der Waals surface area contributed by atoms with E-state index in [2.05, 4.69) is 40.1 Å². The third-order valence-corrected chi connectivity index (χ3v) is 4.44. The molecule has 0 amide bonds. The molecule has 0 aliphatic carbocycles. The molecule has 0 N–H and O–H groups in total. The molecule has 3 rings (SSSR count). The van der Waals surface area contributed by atoms with E-state index in [0.29, 0.717) is 6.61 Å². The fourth-order valence-corrected chi connectivity index (χ4v) is 3.13. The quantitative estimate of drug-likeness (QED) is 0.812. The second kappa shape index (κ2) is 8.06. The number of anilines is 1. The molecule has 0 saturated carbocycles. The SMILES string of the molecule is CCOc1ccccc1N1CCN(Cc2ccc(OC)cc2)CC1.